The molecule has 0 fully saturated rings. The Labute approximate surface area is 140 Å². The van der Waals surface area contributed by atoms with Crippen LogP contribution < -0.4 is 5.32 Å². The van der Waals surface area contributed by atoms with Crippen molar-refractivity contribution in [3.05, 3.63) is 64.7 Å². The number of carbonyl (C=O) groups excluding carboxylic acids is 2. The maximum Gasteiger partial charge on any atom is 0.338 e. The van der Waals surface area contributed by atoms with Gasteiger partial charge in [-0.3, -0.25) is 4.79 Å². The second-order valence-electron chi connectivity index (χ2n) is 5.50. The summed E-state index contributed by atoms with van der Waals surface area (Å²) in [5.41, 5.74) is 3.18. The van der Waals surface area contributed by atoms with Crippen molar-refractivity contribution in [3.63, 3.8) is 0 Å². The summed E-state index contributed by atoms with van der Waals surface area (Å²) in [5, 5.41) is 11.7. The van der Waals surface area contributed by atoms with E-state index in [-0.39, 0.29) is 5.56 Å². The largest absolute Gasteiger partial charge is 0.449 e. The van der Waals surface area contributed by atoms with Gasteiger partial charge in [0.2, 0.25) is 0 Å². The fourth-order valence-corrected chi connectivity index (χ4v) is 2.23. The third kappa shape index (κ3) is 3.99. The molecule has 0 saturated carbocycles. The normalized spacial score (nSPS) is 11.2. The molecule has 0 aliphatic carbocycles. The first-order valence-corrected chi connectivity index (χ1v) is 7.50. The molecule has 0 bridgehead atoms. The van der Waals surface area contributed by atoms with E-state index in [1.807, 2.05) is 38.1 Å². The van der Waals surface area contributed by atoms with Crippen LogP contribution in [0.5, 0.6) is 0 Å². The summed E-state index contributed by atoms with van der Waals surface area (Å²) in [4.78, 5) is 24.4. The van der Waals surface area contributed by atoms with Crippen molar-refractivity contribution in [1.29, 1.82) is 5.26 Å². The van der Waals surface area contributed by atoms with Gasteiger partial charge in [-0.05, 0) is 50.1 Å². The molecule has 2 aromatic rings. The van der Waals surface area contributed by atoms with Crippen LogP contribution in [-0.2, 0) is 9.53 Å². The SMILES string of the molecule is Cc1cccc(C)c1NC(=O)[C@H](C)OC(=O)c1cccc(C#N)c1. The Morgan fingerprint density at radius 1 is 1.12 bits per heavy atom. The van der Waals surface area contributed by atoms with E-state index in [1.54, 1.807) is 18.2 Å². The van der Waals surface area contributed by atoms with Crippen molar-refractivity contribution < 1.29 is 14.3 Å². The zero-order valence-electron chi connectivity index (χ0n) is 13.8. The highest BCUT2D eigenvalue weighted by Crippen LogP contribution is 2.20. The smallest absolute Gasteiger partial charge is 0.338 e. The number of carbonyl (C=O) groups is 2. The maximum atomic E-state index is 12.3. The van der Waals surface area contributed by atoms with Crippen molar-refractivity contribution in [3.8, 4) is 6.07 Å². The molecule has 5 nitrogen and oxygen atoms in total. The first kappa shape index (κ1) is 17.2. The van der Waals surface area contributed by atoms with E-state index in [0.29, 0.717) is 5.56 Å². The van der Waals surface area contributed by atoms with Gasteiger partial charge in [0, 0.05) is 5.69 Å². The Morgan fingerprint density at radius 2 is 1.75 bits per heavy atom. The molecule has 24 heavy (non-hydrogen) atoms. The van der Waals surface area contributed by atoms with Crippen molar-refractivity contribution in [2.45, 2.75) is 26.9 Å². The molecule has 0 radical (unpaired) electrons. The average Bonchev–Trinajstić information content (AvgIpc) is 2.58. The monoisotopic (exact) mass is 322 g/mol. The highest BCUT2D eigenvalue weighted by atomic mass is 16.5. The molecule has 1 atom stereocenters. The van der Waals surface area contributed by atoms with Crippen LogP contribution in [0.4, 0.5) is 5.69 Å². The second kappa shape index (κ2) is 7.42. The third-order valence-electron chi connectivity index (χ3n) is 3.61. The van der Waals surface area contributed by atoms with E-state index < -0.39 is 18.0 Å². The van der Waals surface area contributed by atoms with Gasteiger partial charge in [-0.15, -0.1) is 0 Å². The van der Waals surface area contributed by atoms with Crippen molar-refractivity contribution >= 4 is 17.6 Å². The molecular weight excluding hydrogens is 304 g/mol. The number of para-hydroxylation sites is 1. The van der Waals surface area contributed by atoms with E-state index in [4.69, 9.17) is 10.00 Å². The van der Waals surface area contributed by atoms with Gasteiger partial charge in [0.15, 0.2) is 6.10 Å². The summed E-state index contributed by atoms with van der Waals surface area (Å²) in [6.45, 7) is 5.30. The molecular formula is C19H18N2O3. The summed E-state index contributed by atoms with van der Waals surface area (Å²) in [6, 6.07) is 13.8. The number of esters is 1. The van der Waals surface area contributed by atoms with E-state index in [9.17, 15) is 9.59 Å². The van der Waals surface area contributed by atoms with Gasteiger partial charge < -0.3 is 10.1 Å². The molecule has 5 heteroatoms. The number of aryl methyl sites for hydroxylation is 2. The number of hydrogen-bond donors (Lipinski definition) is 1. The number of nitrogens with zero attached hydrogens (tertiary/aromatic N) is 1. The molecule has 0 spiro atoms. The van der Waals surface area contributed by atoms with Gasteiger partial charge in [-0.25, -0.2) is 4.79 Å². The lowest BCUT2D eigenvalue weighted by Gasteiger charge is -2.16. The number of nitrogens with one attached hydrogen (secondary N) is 1. The van der Waals surface area contributed by atoms with E-state index in [1.165, 1.54) is 13.0 Å². The first-order chi connectivity index (χ1) is 11.4. The molecule has 1 N–H and O–H groups in total. The topological polar surface area (TPSA) is 79.2 Å². The van der Waals surface area contributed by atoms with Crippen LogP contribution in [0.25, 0.3) is 0 Å². The number of anilines is 1. The molecule has 0 aliphatic rings. The number of hydrogen-bond acceptors (Lipinski definition) is 4. The first-order valence-electron chi connectivity index (χ1n) is 7.50. The summed E-state index contributed by atoms with van der Waals surface area (Å²) in [6.07, 6.45) is -0.956. The van der Waals surface area contributed by atoms with Gasteiger partial charge >= 0.3 is 5.97 Å². The van der Waals surface area contributed by atoms with Crippen LogP contribution >= 0.6 is 0 Å². The van der Waals surface area contributed by atoms with Crippen LogP contribution in [0, 0.1) is 25.2 Å². The van der Waals surface area contributed by atoms with Gasteiger partial charge in [0.25, 0.3) is 5.91 Å². The van der Waals surface area contributed by atoms with Gasteiger partial charge in [0.05, 0.1) is 17.2 Å². The lowest BCUT2D eigenvalue weighted by molar-refractivity contribution is -0.123. The van der Waals surface area contributed by atoms with Crippen LogP contribution in [0.3, 0.4) is 0 Å². The fraction of sp³-hybridized carbons (Fsp3) is 0.211. The summed E-state index contributed by atoms with van der Waals surface area (Å²) in [7, 11) is 0. The minimum absolute atomic E-state index is 0.237. The van der Waals surface area contributed by atoms with Gasteiger partial charge in [0.1, 0.15) is 0 Å². The molecule has 2 aromatic carbocycles. The molecule has 2 rings (SSSR count). The predicted molar refractivity (Wildman–Crippen MR) is 90.6 cm³/mol. The summed E-state index contributed by atoms with van der Waals surface area (Å²) < 4.78 is 5.19. The minimum atomic E-state index is -0.956. The fourth-order valence-electron chi connectivity index (χ4n) is 2.23. The predicted octanol–water partition coefficient (Wildman–Crippen LogP) is 3.36. The Balaban J connectivity index is 2.06. The zero-order chi connectivity index (χ0) is 17.7. The molecule has 0 saturated heterocycles. The lowest BCUT2D eigenvalue weighted by Crippen LogP contribution is -2.30. The standard InChI is InChI=1S/C19H18N2O3/c1-12-6-4-7-13(2)17(12)21-18(22)14(3)24-19(23)16-9-5-8-15(10-16)11-20/h4-10,14H,1-3H3,(H,21,22)/t14-/m0/s1. The van der Waals surface area contributed by atoms with Crippen molar-refractivity contribution in [2.24, 2.45) is 0 Å². The molecule has 0 unspecified atom stereocenters. The molecule has 122 valence electrons. The van der Waals surface area contributed by atoms with Crippen LogP contribution in [0.15, 0.2) is 42.5 Å². The highest BCUT2D eigenvalue weighted by molar-refractivity contribution is 5.98. The average molecular weight is 322 g/mol. The van der Waals surface area contributed by atoms with Crippen LogP contribution in [-0.4, -0.2) is 18.0 Å². The minimum Gasteiger partial charge on any atom is -0.449 e. The summed E-state index contributed by atoms with van der Waals surface area (Å²) >= 11 is 0. The van der Waals surface area contributed by atoms with Gasteiger partial charge in [-0.2, -0.15) is 5.26 Å². The molecule has 0 aliphatic heterocycles. The van der Waals surface area contributed by atoms with E-state index >= 15 is 0 Å². The number of nitriles is 1. The zero-order valence-corrected chi connectivity index (χ0v) is 13.8. The number of ether oxygens (including phenoxy) is 1. The van der Waals surface area contributed by atoms with Crippen LogP contribution in [0.1, 0.15) is 34.0 Å². The highest BCUT2D eigenvalue weighted by Gasteiger charge is 2.20. The van der Waals surface area contributed by atoms with Crippen molar-refractivity contribution in [1.82, 2.24) is 0 Å². The maximum absolute atomic E-state index is 12.3. The molecule has 1 amide bonds. The number of rotatable bonds is 4. The Morgan fingerprint density at radius 3 is 2.38 bits per heavy atom. The Hall–Kier alpha value is -3.13. The second-order valence-corrected chi connectivity index (χ2v) is 5.50. The van der Waals surface area contributed by atoms with Crippen molar-refractivity contribution in [2.75, 3.05) is 5.32 Å². The summed E-state index contributed by atoms with van der Waals surface area (Å²) in [5.74, 6) is -1.05. The van der Waals surface area contributed by atoms with E-state index in [0.717, 1.165) is 16.8 Å². The molecule has 0 aromatic heterocycles. The van der Waals surface area contributed by atoms with E-state index in [2.05, 4.69) is 5.32 Å². The number of amides is 1. The Bertz CT molecular complexity index is 801. The third-order valence-corrected chi connectivity index (χ3v) is 3.61. The lowest BCUT2D eigenvalue weighted by atomic mass is 10.1. The quantitative estimate of drug-likeness (QED) is 0.875. The van der Waals surface area contributed by atoms with Crippen LogP contribution in [0.2, 0.25) is 0 Å². The Kier molecular flexibility index (Phi) is 5.33. The number of benzene rings is 2. The molecule has 0 heterocycles. The van der Waals surface area contributed by atoms with Gasteiger partial charge in [-0.1, -0.05) is 24.3 Å².